The Labute approximate surface area is 78.7 Å². The minimum Gasteiger partial charge on any atom is -0.356 e. The van der Waals surface area contributed by atoms with Crippen LogP contribution in [0.5, 0.6) is 0 Å². The molecule has 72 valence electrons. The average Bonchev–Trinajstić information content (AvgIpc) is 2.05. The van der Waals surface area contributed by atoms with Gasteiger partial charge in [-0.2, -0.15) is 11.8 Å². The van der Waals surface area contributed by atoms with Gasteiger partial charge in [-0.25, -0.2) is 0 Å². The number of thioether (sulfide) groups is 1. The molecule has 0 aromatic rings. The number of carbonyl (C=O) groups is 1. The Hall–Kier alpha value is -0.220. The van der Waals surface area contributed by atoms with E-state index in [1.807, 2.05) is 18.7 Å². The van der Waals surface area contributed by atoms with Crippen LogP contribution in [0.4, 0.5) is 0 Å². The molecule has 0 rings (SSSR count). The van der Waals surface area contributed by atoms with Crippen molar-refractivity contribution in [1.82, 2.24) is 10.6 Å². The van der Waals surface area contributed by atoms with E-state index in [0.29, 0.717) is 6.42 Å². The minimum absolute atomic E-state index is 0.133. The number of nitrogens with one attached hydrogen (secondary N) is 2. The molecule has 0 unspecified atom stereocenters. The Kier molecular flexibility index (Phi) is 8.71. The summed E-state index contributed by atoms with van der Waals surface area (Å²) in [6.45, 7) is 4.43. The predicted octanol–water partition coefficient (Wildman–Crippen LogP) is 0.465. The van der Waals surface area contributed by atoms with Crippen LogP contribution in [0.15, 0.2) is 0 Å². The summed E-state index contributed by atoms with van der Waals surface area (Å²) in [6.07, 6.45) is 2.66. The van der Waals surface area contributed by atoms with E-state index in [4.69, 9.17) is 0 Å². The Bertz CT molecular complexity index is 120. The largest absolute Gasteiger partial charge is 0.356 e. The Morgan fingerprint density at radius 2 is 2.17 bits per heavy atom. The number of rotatable bonds is 7. The molecule has 2 N–H and O–H groups in total. The Morgan fingerprint density at radius 1 is 1.42 bits per heavy atom. The predicted molar refractivity (Wildman–Crippen MR) is 54.6 cm³/mol. The molecular formula is C8H18N2OS. The van der Waals surface area contributed by atoms with Crippen molar-refractivity contribution in [2.24, 2.45) is 0 Å². The number of carbonyl (C=O) groups excluding carboxylic acids is 1. The molecule has 0 aromatic heterocycles. The second-order valence-corrected chi connectivity index (χ2v) is 3.43. The molecule has 0 radical (unpaired) electrons. The second kappa shape index (κ2) is 8.87. The summed E-state index contributed by atoms with van der Waals surface area (Å²) in [6, 6.07) is 0. The molecule has 0 saturated heterocycles. The van der Waals surface area contributed by atoms with Crippen molar-refractivity contribution in [2.75, 3.05) is 31.6 Å². The first kappa shape index (κ1) is 11.8. The molecule has 4 heteroatoms. The first-order valence-corrected chi connectivity index (χ1v) is 5.67. The lowest BCUT2D eigenvalue weighted by atomic mass is 10.4. The van der Waals surface area contributed by atoms with E-state index in [1.54, 1.807) is 0 Å². The minimum atomic E-state index is 0.133. The third-order valence-electron chi connectivity index (χ3n) is 1.39. The van der Waals surface area contributed by atoms with E-state index in [9.17, 15) is 4.79 Å². The fourth-order valence-corrected chi connectivity index (χ4v) is 1.14. The molecule has 0 heterocycles. The van der Waals surface area contributed by atoms with Crippen molar-refractivity contribution in [3.05, 3.63) is 0 Å². The summed E-state index contributed by atoms with van der Waals surface area (Å²) in [5.74, 6) is 1.24. The monoisotopic (exact) mass is 190 g/mol. The van der Waals surface area contributed by atoms with Gasteiger partial charge in [0.15, 0.2) is 0 Å². The van der Waals surface area contributed by atoms with Crippen LogP contribution < -0.4 is 10.6 Å². The van der Waals surface area contributed by atoms with Gasteiger partial charge in [0.25, 0.3) is 0 Å². The zero-order valence-corrected chi connectivity index (χ0v) is 8.67. The van der Waals surface area contributed by atoms with Crippen molar-refractivity contribution in [3.8, 4) is 0 Å². The molecule has 0 aliphatic carbocycles. The van der Waals surface area contributed by atoms with Crippen LogP contribution in [0.25, 0.3) is 0 Å². The quantitative estimate of drug-likeness (QED) is 0.573. The molecule has 0 aliphatic rings. The van der Waals surface area contributed by atoms with Crippen molar-refractivity contribution < 1.29 is 4.79 Å². The van der Waals surface area contributed by atoms with E-state index in [0.717, 1.165) is 25.4 Å². The zero-order valence-electron chi connectivity index (χ0n) is 7.85. The maximum Gasteiger partial charge on any atom is 0.221 e. The highest BCUT2D eigenvalue weighted by molar-refractivity contribution is 7.98. The summed E-state index contributed by atoms with van der Waals surface area (Å²) < 4.78 is 0. The highest BCUT2D eigenvalue weighted by atomic mass is 32.2. The average molecular weight is 190 g/mol. The van der Waals surface area contributed by atoms with E-state index in [1.165, 1.54) is 0 Å². The molecule has 0 atom stereocenters. The van der Waals surface area contributed by atoms with E-state index < -0.39 is 0 Å². The second-order valence-electron chi connectivity index (χ2n) is 2.45. The van der Waals surface area contributed by atoms with Crippen LogP contribution in [-0.2, 0) is 4.79 Å². The van der Waals surface area contributed by atoms with Crippen molar-refractivity contribution in [1.29, 1.82) is 0 Å². The lowest BCUT2D eigenvalue weighted by molar-refractivity contribution is -0.120. The molecule has 0 aromatic carbocycles. The summed E-state index contributed by atoms with van der Waals surface area (Å²) in [4.78, 5) is 10.9. The molecular weight excluding hydrogens is 172 g/mol. The van der Waals surface area contributed by atoms with Gasteiger partial charge in [-0.05, 0) is 13.2 Å². The molecule has 1 amide bonds. The molecule has 0 fully saturated rings. The summed E-state index contributed by atoms with van der Waals surface area (Å²) in [7, 11) is 0. The lowest BCUT2D eigenvalue weighted by Gasteiger charge is -2.03. The van der Waals surface area contributed by atoms with Gasteiger partial charge >= 0.3 is 0 Å². The maximum atomic E-state index is 10.9. The van der Waals surface area contributed by atoms with Gasteiger partial charge in [0.05, 0.1) is 0 Å². The van der Waals surface area contributed by atoms with Crippen molar-refractivity contribution in [3.63, 3.8) is 0 Å². The highest BCUT2D eigenvalue weighted by Crippen LogP contribution is 1.87. The molecule has 0 saturated carbocycles. The smallest absolute Gasteiger partial charge is 0.221 e. The summed E-state index contributed by atoms with van der Waals surface area (Å²) in [5.41, 5.74) is 0. The molecule has 0 bridgehead atoms. The maximum absolute atomic E-state index is 10.9. The SMILES string of the molecule is CCNC(=O)CCNCCSC. The van der Waals surface area contributed by atoms with Gasteiger partial charge in [-0.3, -0.25) is 4.79 Å². The third kappa shape index (κ3) is 7.88. The Balaban J connectivity index is 3.03. The fraction of sp³-hybridized carbons (Fsp3) is 0.875. The fourth-order valence-electron chi connectivity index (χ4n) is 0.787. The van der Waals surface area contributed by atoms with Crippen molar-refractivity contribution in [2.45, 2.75) is 13.3 Å². The normalized spacial score (nSPS) is 9.83. The summed E-state index contributed by atoms with van der Waals surface area (Å²) >= 11 is 1.81. The molecule has 12 heavy (non-hydrogen) atoms. The van der Waals surface area contributed by atoms with Gasteiger partial charge in [-0.15, -0.1) is 0 Å². The van der Waals surface area contributed by atoms with Crippen molar-refractivity contribution >= 4 is 17.7 Å². The molecule has 3 nitrogen and oxygen atoms in total. The van der Waals surface area contributed by atoms with Gasteiger partial charge in [0.1, 0.15) is 0 Å². The van der Waals surface area contributed by atoms with E-state index in [-0.39, 0.29) is 5.91 Å². The van der Waals surface area contributed by atoms with Gasteiger partial charge in [0.2, 0.25) is 5.91 Å². The standard InChI is InChI=1S/C8H18N2OS/c1-3-10-8(11)4-5-9-6-7-12-2/h9H,3-7H2,1-2H3,(H,10,11). The molecule has 0 spiro atoms. The van der Waals surface area contributed by atoms with E-state index in [2.05, 4.69) is 16.9 Å². The first-order valence-electron chi connectivity index (χ1n) is 4.27. The first-order chi connectivity index (χ1) is 5.81. The van der Waals surface area contributed by atoms with E-state index >= 15 is 0 Å². The number of hydrogen-bond donors (Lipinski definition) is 2. The van der Waals surface area contributed by atoms with Crippen LogP contribution >= 0.6 is 11.8 Å². The Morgan fingerprint density at radius 3 is 2.75 bits per heavy atom. The highest BCUT2D eigenvalue weighted by Gasteiger charge is 1.96. The van der Waals surface area contributed by atoms with Gasteiger partial charge in [0, 0.05) is 31.8 Å². The van der Waals surface area contributed by atoms with Gasteiger partial charge in [-0.1, -0.05) is 0 Å². The number of amides is 1. The van der Waals surface area contributed by atoms with Crippen LogP contribution in [0, 0.1) is 0 Å². The number of hydrogen-bond acceptors (Lipinski definition) is 3. The summed E-state index contributed by atoms with van der Waals surface area (Å²) in [5, 5.41) is 5.95. The van der Waals surface area contributed by atoms with Crippen LogP contribution in [-0.4, -0.2) is 37.6 Å². The van der Waals surface area contributed by atoms with Crippen LogP contribution in [0.2, 0.25) is 0 Å². The topological polar surface area (TPSA) is 41.1 Å². The van der Waals surface area contributed by atoms with Crippen LogP contribution in [0.1, 0.15) is 13.3 Å². The lowest BCUT2D eigenvalue weighted by Crippen LogP contribution is -2.28. The van der Waals surface area contributed by atoms with Crippen LogP contribution in [0.3, 0.4) is 0 Å². The molecule has 0 aliphatic heterocycles. The zero-order chi connectivity index (χ0) is 9.23. The third-order valence-corrected chi connectivity index (χ3v) is 2.00. The van der Waals surface area contributed by atoms with Gasteiger partial charge < -0.3 is 10.6 Å².